The molecule has 1 unspecified atom stereocenters. The Morgan fingerprint density at radius 2 is 1.88 bits per heavy atom. The molecule has 2 rings (SSSR count). The summed E-state index contributed by atoms with van der Waals surface area (Å²) in [5.74, 6) is -0.162. The molecule has 0 aromatic heterocycles. The number of carbonyl (C=O) groups excluding carboxylic acids is 1. The van der Waals surface area contributed by atoms with Crippen molar-refractivity contribution in [3.05, 3.63) is 52.9 Å². The first-order valence-corrected chi connectivity index (χ1v) is 12.5. The number of benzene rings is 1. The predicted octanol–water partition coefficient (Wildman–Crippen LogP) is 4.09. The summed E-state index contributed by atoms with van der Waals surface area (Å²) >= 11 is 0. The molecule has 0 saturated heterocycles. The summed E-state index contributed by atoms with van der Waals surface area (Å²) in [6.45, 7) is 7.61. The molecule has 0 aliphatic carbocycles. The molecule has 0 fully saturated rings. The number of nitrogens with one attached hydrogen (secondary N) is 1. The molecule has 1 aromatic rings. The molecule has 32 heavy (non-hydrogen) atoms. The molecule has 0 radical (unpaired) electrons. The summed E-state index contributed by atoms with van der Waals surface area (Å²) in [4.78, 5) is 17.2. The fourth-order valence-corrected chi connectivity index (χ4v) is 3.62. The lowest BCUT2D eigenvalue weighted by atomic mass is 9.96. The Balaban J connectivity index is 0.00000249. The molecule has 0 bridgehead atoms. The zero-order chi connectivity index (χ0) is 24.5. The van der Waals surface area contributed by atoms with Crippen molar-refractivity contribution in [2.24, 2.45) is 4.99 Å². The summed E-state index contributed by atoms with van der Waals surface area (Å²) in [5.41, 5.74) is 1.68. The molecule has 1 aliphatic rings. The Kier molecular flexibility index (Phi) is 10.7. The van der Waals surface area contributed by atoms with Crippen molar-refractivity contribution >= 4 is 27.6 Å². The highest BCUT2D eigenvalue weighted by Crippen LogP contribution is 2.33. The molecular weight excluding hydrogens is 433 g/mol. The van der Waals surface area contributed by atoms with Gasteiger partial charge in [-0.25, -0.2) is 17.8 Å². The lowest BCUT2D eigenvalue weighted by Crippen LogP contribution is -2.33. The summed E-state index contributed by atoms with van der Waals surface area (Å²) in [6.07, 6.45) is 3.96. The van der Waals surface area contributed by atoms with Crippen LogP contribution in [0.25, 0.3) is 5.76 Å². The minimum absolute atomic E-state index is 0.263. The van der Waals surface area contributed by atoms with Crippen molar-refractivity contribution < 1.29 is 22.3 Å². The van der Waals surface area contributed by atoms with E-state index in [9.17, 15) is 17.6 Å². The highest BCUT2D eigenvalue weighted by atomic mass is 32.2. The molecule has 1 heterocycles. The van der Waals surface area contributed by atoms with E-state index in [1.54, 1.807) is 6.92 Å². The van der Waals surface area contributed by atoms with Crippen molar-refractivity contribution in [2.45, 2.75) is 53.1 Å². The smallest absolute Gasteiger partial charge is 0.255 e. The van der Waals surface area contributed by atoms with Crippen molar-refractivity contribution in [2.75, 3.05) is 20.4 Å². The second-order valence-corrected chi connectivity index (χ2v) is 9.01. The van der Waals surface area contributed by atoms with E-state index in [1.807, 2.05) is 26.8 Å². The van der Waals surface area contributed by atoms with Crippen LogP contribution in [-0.2, 0) is 19.6 Å². The first-order valence-electron chi connectivity index (χ1n) is 10.7. The van der Waals surface area contributed by atoms with E-state index in [2.05, 4.69) is 10.3 Å². The van der Waals surface area contributed by atoms with Gasteiger partial charge in [0.25, 0.3) is 5.91 Å². The number of aliphatic imine (C=N–C) groups is 1. The van der Waals surface area contributed by atoms with Gasteiger partial charge in [-0.15, -0.1) is 0 Å². The van der Waals surface area contributed by atoms with Gasteiger partial charge >= 0.3 is 0 Å². The Morgan fingerprint density at radius 3 is 2.38 bits per heavy atom. The number of rotatable bonds is 6. The lowest BCUT2D eigenvalue weighted by Gasteiger charge is -2.20. The lowest BCUT2D eigenvalue weighted by molar-refractivity contribution is -0.116. The summed E-state index contributed by atoms with van der Waals surface area (Å²) in [6, 6.07) is 5.65. The largest absolute Gasteiger partial charge is 0.442 e. The van der Waals surface area contributed by atoms with Crippen molar-refractivity contribution in [1.29, 1.82) is 0 Å². The number of carbonyl (C=O) groups is 1. The molecule has 0 saturated carbocycles. The van der Waals surface area contributed by atoms with Crippen LogP contribution < -0.4 is 5.32 Å². The van der Waals surface area contributed by atoms with Gasteiger partial charge in [0.15, 0.2) is 5.90 Å². The number of hydrogen-bond donors (Lipinski definition) is 1. The zero-order valence-electron chi connectivity index (χ0n) is 19.9. The van der Waals surface area contributed by atoms with Gasteiger partial charge in [-0.05, 0) is 49.6 Å². The topological polar surface area (TPSA) is 88.1 Å². The normalized spacial score (nSPS) is 18.0. The second kappa shape index (κ2) is 12.5. The number of allylic oxidation sites excluding steroid dienone is 1. The van der Waals surface area contributed by atoms with Gasteiger partial charge in [-0.1, -0.05) is 26.8 Å². The fourth-order valence-electron chi connectivity index (χ4n) is 3.02. The number of hydrogen-bond acceptors (Lipinski definition) is 5. The van der Waals surface area contributed by atoms with Gasteiger partial charge in [0.1, 0.15) is 17.7 Å². The Morgan fingerprint density at radius 1 is 1.28 bits per heavy atom. The van der Waals surface area contributed by atoms with Crippen LogP contribution in [0.1, 0.15) is 52.5 Å². The number of sulfonamides is 1. The monoisotopic (exact) mass is 467 g/mol. The summed E-state index contributed by atoms with van der Waals surface area (Å²) < 4.78 is 44.3. The van der Waals surface area contributed by atoms with Crippen LogP contribution in [0.4, 0.5) is 4.39 Å². The molecule has 1 N–H and O–H groups in total. The van der Waals surface area contributed by atoms with Crippen molar-refractivity contribution in [1.82, 2.24) is 9.62 Å². The molecule has 178 valence electrons. The van der Waals surface area contributed by atoms with E-state index < -0.39 is 22.0 Å². The van der Waals surface area contributed by atoms with Crippen LogP contribution in [-0.4, -0.2) is 51.0 Å². The van der Waals surface area contributed by atoms with Gasteiger partial charge in [-0.3, -0.25) is 4.79 Å². The highest BCUT2D eigenvalue weighted by molar-refractivity contribution is 7.88. The zero-order valence-corrected chi connectivity index (χ0v) is 20.7. The standard InChI is InChI=1S/C21H28FN3O4S.C2H6/c1-6-7-15-10-13-18(24-14(2)25(4)30(5,27)28)29-20(19(15)21(26)23-3)16-8-11-17(22)12-9-16;1-2/h7-9,11-12,14H,6,10,13H2,1-5H3,(H,23,26);1-2H3/b15-7+,24-18+;. The van der Waals surface area contributed by atoms with Gasteiger partial charge in [-0.2, -0.15) is 4.31 Å². The maximum atomic E-state index is 13.5. The van der Waals surface area contributed by atoms with Crippen LogP contribution in [0.3, 0.4) is 0 Å². The summed E-state index contributed by atoms with van der Waals surface area (Å²) in [7, 11) is -0.466. The molecule has 9 heteroatoms. The molecule has 1 amide bonds. The van der Waals surface area contributed by atoms with E-state index in [4.69, 9.17) is 4.74 Å². The van der Waals surface area contributed by atoms with Crippen LogP contribution in [0.5, 0.6) is 0 Å². The first kappa shape index (κ1) is 27.5. The average molecular weight is 468 g/mol. The Labute approximate surface area is 191 Å². The number of likely N-dealkylation sites (N-methyl/N-ethyl adjacent to an activating group) is 1. The number of ether oxygens (including phenoxy) is 1. The molecule has 7 nitrogen and oxygen atoms in total. The third-order valence-corrected chi connectivity index (χ3v) is 6.12. The number of nitrogens with zero attached hydrogens (tertiary/aromatic N) is 2. The predicted molar refractivity (Wildman–Crippen MR) is 127 cm³/mol. The van der Waals surface area contributed by atoms with E-state index in [1.165, 1.54) is 38.4 Å². The number of amides is 1. The third-order valence-electron chi connectivity index (χ3n) is 4.77. The molecule has 1 aliphatic heterocycles. The van der Waals surface area contributed by atoms with Crippen LogP contribution in [0.15, 0.2) is 46.5 Å². The van der Waals surface area contributed by atoms with Crippen LogP contribution in [0.2, 0.25) is 0 Å². The average Bonchev–Trinajstić information content (AvgIpc) is 2.94. The third kappa shape index (κ3) is 7.27. The van der Waals surface area contributed by atoms with E-state index in [-0.39, 0.29) is 11.7 Å². The summed E-state index contributed by atoms with van der Waals surface area (Å²) in [5, 5.41) is 2.64. The van der Waals surface area contributed by atoms with Gasteiger partial charge in [0, 0.05) is 26.1 Å². The number of halogens is 1. The Hall–Kier alpha value is -2.52. The maximum Gasteiger partial charge on any atom is 0.255 e. The van der Waals surface area contributed by atoms with Gasteiger partial charge in [0.05, 0.1) is 11.8 Å². The molecular formula is C23H34FN3O4S. The minimum atomic E-state index is -3.44. The SMILES string of the molecule is CC.CC/C=C1\CC/C(=N\C(C)N(C)S(C)(=O)=O)OC(c2ccc(F)cc2)=C1C(=O)NC. The van der Waals surface area contributed by atoms with E-state index in [0.717, 1.165) is 16.1 Å². The quantitative estimate of drug-likeness (QED) is 0.683. The second-order valence-electron chi connectivity index (χ2n) is 6.96. The Bertz CT molecular complexity index is 983. The van der Waals surface area contributed by atoms with Crippen LogP contribution in [0, 0.1) is 5.82 Å². The maximum absolute atomic E-state index is 13.5. The van der Waals surface area contributed by atoms with E-state index >= 15 is 0 Å². The highest BCUT2D eigenvalue weighted by Gasteiger charge is 2.27. The van der Waals surface area contributed by atoms with Crippen molar-refractivity contribution in [3.63, 3.8) is 0 Å². The molecule has 1 aromatic carbocycles. The molecule has 1 atom stereocenters. The molecule has 0 spiro atoms. The van der Waals surface area contributed by atoms with Gasteiger partial charge in [0.2, 0.25) is 10.0 Å². The van der Waals surface area contributed by atoms with Gasteiger partial charge < -0.3 is 10.1 Å². The van der Waals surface area contributed by atoms with Crippen LogP contribution >= 0.6 is 0 Å². The van der Waals surface area contributed by atoms with E-state index in [0.29, 0.717) is 36.3 Å². The minimum Gasteiger partial charge on any atom is -0.442 e. The fraction of sp³-hybridized carbons (Fsp3) is 0.478. The first-order chi connectivity index (χ1) is 15.1. The van der Waals surface area contributed by atoms with Crippen molar-refractivity contribution in [3.8, 4) is 0 Å².